The van der Waals surface area contributed by atoms with Crippen molar-refractivity contribution < 1.29 is 87.4 Å². The number of likely N-dealkylation sites (tertiary alicyclic amines) is 4. The van der Waals surface area contributed by atoms with Gasteiger partial charge in [0, 0.05) is 121 Å². The Morgan fingerprint density at radius 1 is 0.511 bits per heavy atom. The molecular weight excluding hydrogens is 1750 g/mol. The third-order valence-electron chi connectivity index (χ3n) is 24.7. The van der Waals surface area contributed by atoms with Crippen LogP contribution >= 0.6 is 24.4 Å². The maximum Gasteiger partial charge on any atom is 0.336 e. The van der Waals surface area contributed by atoms with Crippen molar-refractivity contribution in [1.82, 2.24) is 56.8 Å². The molecule has 4 fully saturated rings. The van der Waals surface area contributed by atoms with Gasteiger partial charge in [-0.3, -0.25) is 54.0 Å². The van der Waals surface area contributed by atoms with Crippen molar-refractivity contribution in [1.29, 1.82) is 10.8 Å². The summed E-state index contributed by atoms with van der Waals surface area (Å²) in [6.07, 6.45) is 1.47. The van der Waals surface area contributed by atoms with Gasteiger partial charge in [-0.2, -0.15) is 0 Å². The second-order valence-corrected chi connectivity index (χ2v) is 36.3. The monoisotopic (exact) mass is 1860 g/mol. The zero-order chi connectivity index (χ0) is 95.7. The van der Waals surface area contributed by atoms with Gasteiger partial charge < -0.3 is 118 Å². The number of nitrogens with one attached hydrogen (secondary N) is 11. The van der Waals surface area contributed by atoms with Crippen LogP contribution < -0.4 is 70.2 Å². The lowest BCUT2D eigenvalue weighted by Crippen LogP contribution is -2.62. The fourth-order valence-electron chi connectivity index (χ4n) is 18.0. The number of fused-ring (bicyclic) bond motifs is 4. The molecule has 700 valence electrons. The second-order valence-electron chi connectivity index (χ2n) is 35.5. The fraction of sp³-hybridized carbons (Fsp3) is 0.383. The number of phenolic OH excluding ortho intramolecular Hbond substituents is 3. The summed E-state index contributed by atoms with van der Waals surface area (Å²) < 4.78 is 12.1. The van der Waals surface area contributed by atoms with Crippen LogP contribution in [0.3, 0.4) is 0 Å². The predicted octanol–water partition coefficient (Wildman–Crippen LogP) is 7.41. The molecule has 0 saturated carbocycles. The van der Waals surface area contributed by atoms with Gasteiger partial charge in [0.25, 0.3) is 0 Å². The number of nitrogens with two attached hydrogens (primary N) is 2. The van der Waals surface area contributed by atoms with Gasteiger partial charge in [-0.15, -0.1) is 0 Å². The van der Waals surface area contributed by atoms with Crippen molar-refractivity contribution in [3.05, 3.63) is 171 Å². The van der Waals surface area contributed by atoms with Crippen LogP contribution in [-0.2, 0) is 44.8 Å². The maximum atomic E-state index is 16.0. The van der Waals surface area contributed by atoms with Crippen LogP contribution in [-0.4, -0.2) is 226 Å². The maximum absolute atomic E-state index is 16.0. The summed E-state index contributed by atoms with van der Waals surface area (Å²) in [6.45, 7) is 9.40. The number of piperidine rings is 2. The van der Waals surface area contributed by atoms with E-state index >= 15 is 19.2 Å². The van der Waals surface area contributed by atoms with Crippen molar-refractivity contribution in [3.8, 4) is 62.1 Å². The predicted molar refractivity (Wildman–Crippen MR) is 503 cm³/mol. The molecule has 0 spiro atoms. The van der Waals surface area contributed by atoms with Gasteiger partial charge in [-0.25, -0.2) is 14.4 Å². The summed E-state index contributed by atoms with van der Waals surface area (Å²) in [7, 11) is 0. The first-order valence-electron chi connectivity index (χ1n) is 43.8. The Labute approximate surface area is 773 Å². The van der Waals surface area contributed by atoms with E-state index in [0.717, 1.165) is 0 Å². The standard InChI is InChI=1S/C94H107N17O20S2/c1-47(2)39-68(89(128)129)104-84(121)79(94(3,4)5)107-80(117)67(40-48-12-16-53(112)17-13-48)103-81(118)69-10-7-33-110(69)85(122)66(9-6-32-99-90(95)96)102-83(120)77(49-28-35-108(36-29-49)91(97)98)105-82(119)70-11-8-34-111(70)86(123)78(106-92(132)100-51-14-22-58(64(41-51)87(124)125)75-60-24-18-54(113)43-71(60)130-72-44-55(114)19-25-61(72)75)50-30-37-109(38-31-50)93(133)101-52-15-23-59(65(42-52)88(126)127)76-62-26-20-56(115)45-73(62)131-74-46-57(116)21-27-63(74)76/h12-27,41-47,49-50,66-70,77-79,112-113,115H,6-11,28-40H2,1-5H3,(H3,97,98)(H,101,133)(H,102,120)(H,103,118)(H,104,121)(H,105,119)(H,107,117)(H,124,125)(H,126,127)(H,128,129)(H4,95,96,99)(H2,100,106,132)/t66-,67-,68-,69-,70-,77-,78-,79+/m0/s1. The van der Waals surface area contributed by atoms with Crippen LogP contribution in [0.15, 0.2) is 152 Å². The molecule has 8 atom stereocenters. The first kappa shape index (κ1) is 96.1. The molecule has 8 aliphatic rings. The normalized spacial score (nSPS) is 16.8. The van der Waals surface area contributed by atoms with Crippen LogP contribution in [0, 0.1) is 34.0 Å². The van der Waals surface area contributed by atoms with E-state index in [2.05, 4.69) is 47.9 Å². The first-order valence-corrected chi connectivity index (χ1v) is 44.7. The minimum absolute atomic E-state index is 0.00744. The number of hydrogen-bond acceptors (Lipinski definition) is 21. The number of rotatable bonds is 30. The molecule has 0 unspecified atom stereocenters. The number of anilines is 2. The molecule has 2 aliphatic carbocycles. The molecule has 133 heavy (non-hydrogen) atoms. The van der Waals surface area contributed by atoms with Crippen molar-refractivity contribution in [2.24, 2.45) is 34.6 Å². The van der Waals surface area contributed by atoms with Crippen LogP contribution in [0.2, 0.25) is 0 Å². The first-order chi connectivity index (χ1) is 63.2. The van der Waals surface area contributed by atoms with Gasteiger partial charge in [0.05, 0.1) is 11.1 Å². The number of thiocarbonyl (C=S) groups is 2. The highest BCUT2D eigenvalue weighted by molar-refractivity contribution is 7.80. The van der Waals surface area contributed by atoms with Gasteiger partial charge in [0.2, 0.25) is 41.4 Å². The molecule has 7 amide bonds. The Morgan fingerprint density at radius 3 is 1.50 bits per heavy atom. The Balaban J connectivity index is 0.768. The number of guanidine groups is 2. The van der Waals surface area contributed by atoms with E-state index in [9.17, 15) is 69.0 Å². The van der Waals surface area contributed by atoms with Crippen molar-refractivity contribution >= 4 is 139 Å². The Morgan fingerprint density at radius 2 is 1.00 bits per heavy atom. The molecule has 4 saturated heterocycles. The summed E-state index contributed by atoms with van der Waals surface area (Å²) >= 11 is 12.1. The van der Waals surface area contributed by atoms with Crippen LogP contribution in [0.4, 0.5) is 11.4 Å². The van der Waals surface area contributed by atoms with E-state index in [0.29, 0.717) is 50.7 Å². The van der Waals surface area contributed by atoms with E-state index in [1.165, 1.54) is 113 Å². The van der Waals surface area contributed by atoms with Crippen LogP contribution in [0.25, 0.3) is 66.8 Å². The lowest BCUT2D eigenvalue weighted by Gasteiger charge is -2.39. The van der Waals surface area contributed by atoms with Gasteiger partial charge in [0.15, 0.2) is 33.0 Å². The van der Waals surface area contributed by atoms with Gasteiger partial charge in [-0.1, -0.05) is 58.9 Å². The van der Waals surface area contributed by atoms with Crippen molar-refractivity contribution in [2.45, 2.75) is 160 Å². The third-order valence-corrected chi connectivity index (χ3v) is 25.3. The summed E-state index contributed by atoms with van der Waals surface area (Å²) in [5.41, 5.74) is 12.9. The highest BCUT2D eigenvalue weighted by atomic mass is 32.1. The Bertz CT molecular complexity index is 6100. The number of hydrogen-bond donors (Lipinski definition) is 19. The van der Waals surface area contributed by atoms with E-state index in [1.54, 1.807) is 69.9 Å². The van der Waals surface area contributed by atoms with E-state index in [-0.39, 0.29) is 223 Å². The number of amides is 7. The van der Waals surface area contributed by atoms with E-state index in [4.69, 9.17) is 55.6 Å². The Kier molecular flexibility index (Phi) is 29.8. The Hall–Kier alpha value is -14.5. The van der Waals surface area contributed by atoms with Gasteiger partial charge >= 0.3 is 17.9 Å². The number of aromatic hydroxyl groups is 3. The summed E-state index contributed by atoms with van der Waals surface area (Å²) in [6, 6.07) is 21.1. The summed E-state index contributed by atoms with van der Waals surface area (Å²) in [5.74, 6) is -11.4. The molecule has 21 N–H and O–H groups in total. The molecule has 5 aromatic carbocycles. The molecule has 5 aromatic rings. The molecule has 0 aromatic heterocycles. The lowest BCUT2D eigenvalue weighted by atomic mass is 9.85. The minimum atomic E-state index is -1.44. The van der Waals surface area contributed by atoms with Crippen LogP contribution in [0.5, 0.6) is 17.2 Å². The summed E-state index contributed by atoms with van der Waals surface area (Å²) in [5, 5.41) is 106. The molecule has 13 rings (SSSR count). The zero-order valence-corrected chi connectivity index (χ0v) is 75.3. The minimum Gasteiger partial charge on any atom is -0.508 e. The highest BCUT2D eigenvalue weighted by Gasteiger charge is 2.47. The molecule has 0 radical (unpaired) electrons. The molecule has 0 bridgehead atoms. The molecular formula is C94H107N17O20S2. The molecule has 6 aliphatic heterocycles. The lowest BCUT2D eigenvalue weighted by molar-refractivity contribution is -0.144. The topological polar surface area (TPSA) is 573 Å². The largest absolute Gasteiger partial charge is 0.508 e. The SMILES string of the molecule is CC(C)C[C@H](NC(=O)[C@@H](NC(=O)[C@H](Cc1ccc(O)cc1)NC(=O)[C@@H]1CCCN1C(=O)[C@H](CCCNC(=N)N)NC(=O)[C@@H](NC(=O)[C@@H]1CCCN1C(=O)[C@@H](NC(=S)Nc1ccc(-c2c3ccc(=O)cc-3oc3cc(O)ccc23)c(C(=O)O)c1)C1CCN(C(=S)Nc2ccc(-c3c4ccc(=O)cc-4oc4cc(O)ccc34)c(C(=O)O)c2)CC1)C1CCN(C(=N)N)CC1)C(C)(C)C)C(=O)O. The zero-order valence-electron chi connectivity index (χ0n) is 73.6. The van der Waals surface area contributed by atoms with Gasteiger partial charge in [0.1, 0.15) is 88.3 Å². The van der Waals surface area contributed by atoms with Gasteiger partial charge in [-0.05, 0) is 220 Å². The average Bonchev–Trinajstić information content (AvgIpc) is 1.19. The van der Waals surface area contributed by atoms with E-state index in [1.807, 2.05) is 4.90 Å². The molecule has 37 nitrogen and oxygen atoms in total. The van der Waals surface area contributed by atoms with Crippen molar-refractivity contribution in [3.63, 3.8) is 0 Å². The quantitative estimate of drug-likeness (QED) is 0.00684. The number of phenols is 3. The number of aromatic carboxylic acids is 2. The number of carboxylic acids is 3. The second kappa shape index (κ2) is 41.3. The van der Waals surface area contributed by atoms with E-state index < -0.39 is 125 Å². The number of carbonyl (C=O) groups excluding carboxylic acids is 7. The van der Waals surface area contributed by atoms with Crippen molar-refractivity contribution in [2.75, 3.05) is 56.4 Å². The fourth-order valence-corrected chi connectivity index (χ4v) is 18.6. The third kappa shape index (κ3) is 22.7. The molecule has 6 heterocycles. The summed E-state index contributed by atoms with van der Waals surface area (Å²) in [4.78, 5) is 177. The number of aliphatic carboxylic acids is 1. The number of nitrogens with zero attached hydrogens (tertiary/aromatic N) is 4. The number of carbonyl (C=O) groups is 10. The van der Waals surface area contributed by atoms with Crippen LogP contribution in [0.1, 0.15) is 132 Å². The highest BCUT2D eigenvalue weighted by Crippen LogP contribution is 2.45. The number of benzene rings is 7. The smallest absolute Gasteiger partial charge is 0.336 e. The average molecular weight is 1860 g/mol. The molecule has 39 heteroatoms. The number of carboxylic acid groups (broad SMARTS) is 3.